The molecule has 0 aliphatic heterocycles. The van der Waals surface area contributed by atoms with Crippen LogP contribution in [-0.4, -0.2) is 16.1 Å². The van der Waals surface area contributed by atoms with Gasteiger partial charge in [-0.1, -0.05) is 6.07 Å². The van der Waals surface area contributed by atoms with E-state index in [9.17, 15) is 4.79 Å². The summed E-state index contributed by atoms with van der Waals surface area (Å²) in [4.78, 5) is 14.9. The molecule has 0 atom stereocenters. The van der Waals surface area contributed by atoms with Crippen LogP contribution in [0, 0.1) is 13.8 Å². The first-order chi connectivity index (χ1) is 8.47. The van der Waals surface area contributed by atoms with Gasteiger partial charge in [0.1, 0.15) is 12.2 Å². The first-order valence-electron chi connectivity index (χ1n) is 5.52. The van der Waals surface area contributed by atoms with Gasteiger partial charge in [0, 0.05) is 11.3 Å². The average Bonchev–Trinajstić information content (AvgIpc) is 2.63. The molecule has 2 rings (SSSR count). The van der Waals surface area contributed by atoms with E-state index in [1.54, 1.807) is 13.0 Å². The fourth-order valence-electron chi connectivity index (χ4n) is 1.63. The Labute approximate surface area is 104 Å². The largest absolute Gasteiger partial charge is 0.481 e. The van der Waals surface area contributed by atoms with E-state index in [4.69, 9.17) is 15.3 Å². The highest BCUT2D eigenvalue weighted by molar-refractivity contribution is 5.70. The number of nitrogens with zero attached hydrogens (tertiary/aromatic N) is 1. The summed E-state index contributed by atoms with van der Waals surface area (Å²) in [6, 6.07) is 5.49. The maximum absolute atomic E-state index is 10.7. The molecule has 0 spiro atoms. The van der Waals surface area contributed by atoms with Crippen molar-refractivity contribution in [3.63, 3.8) is 0 Å². The molecule has 18 heavy (non-hydrogen) atoms. The Balaban J connectivity index is 2.39. The maximum atomic E-state index is 10.7. The summed E-state index contributed by atoms with van der Waals surface area (Å²) in [6.45, 7) is 3.64. The van der Waals surface area contributed by atoms with Gasteiger partial charge in [-0.25, -0.2) is 4.98 Å². The molecule has 0 unspecified atom stereocenters. The number of hydrogen-bond acceptors (Lipinski definition) is 4. The summed E-state index contributed by atoms with van der Waals surface area (Å²) in [5.74, 6) is -0.170. The minimum atomic E-state index is -0.941. The molecule has 0 amide bonds. The molecule has 2 aromatic rings. The third-order valence-electron chi connectivity index (χ3n) is 2.73. The number of carboxylic acids is 1. The van der Waals surface area contributed by atoms with Crippen LogP contribution >= 0.6 is 0 Å². The normalized spacial score (nSPS) is 10.6. The molecule has 0 saturated heterocycles. The summed E-state index contributed by atoms with van der Waals surface area (Å²) in [5.41, 5.74) is 8.79. The molecule has 0 saturated carbocycles. The standard InChI is InChI=1S/C13H14N2O3/c1-7-3-4-9(5-10(7)14)13-15-8(2)11(18-13)6-12(16)17/h3-5H,6,14H2,1-2H3,(H,16,17). The van der Waals surface area contributed by atoms with Crippen molar-refractivity contribution in [3.05, 3.63) is 35.2 Å². The number of hydrogen-bond donors (Lipinski definition) is 2. The highest BCUT2D eigenvalue weighted by Crippen LogP contribution is 2.25. The monoisotopic (exact) mass is 246 g/mol. The predicted octanol–water partition coefficient (Wildman–Crippen LogP) is 2.17. The molecule has 3 N–H and O–H groups in total. The number of carbonyl (C=O) groups is 1. The fourth-order valence-corrected chi connectivity index (χ4v) is 1.63. The number of nitrogen functional groups attached to an aromatic ring is 1. The predicted molar refractivity (Wildman–Crippen MR) is 67.2 cm³/mol. The van der Waals surface area contributed by atoms with Crippen LogP contribution < -0.4 is 5.73 Å². The van der Waals surface area contributed by atoms with Crippen LogP contribution in [0.1, 0.15) is 17.0 Å². The Hall–Kier alpha value is -2.30. The number of aliphatic carboxylic acids is 1. The minimum Gasteiger partial charge on any atom is -0.481 e. The minimum absolute atomic E-state index is 0.166. The Bertz CT molecular complexity index is 602. The Morgan fingerprint density at radius 1 is 1.44 bits per heavy atom. The number of aromatic nitrogens is 1. The van der Waals surface area contributed by atoms with Gasteiger partial charge in [0.15, 0.2) is 0 Å². The summed E-state index contributed by atoms with van der Waals surface area (Å²) < 4.78 is 5.46. The summed E-state index contributed by atoms with van der Waals surface area (Å²) >= 11 is 0. The van der Waals surface area contributed by atoms with E-state index < -0.39 is 5.97 Å². The smallest absolute Gasteiger partial charge is 0.311 e. The second-order valence-electron chi connectivity index (χ2n) is 4.17. The first-order valence-corrected chi connectivity index (χ1v) is 5.52. The summed E-state index contributed by atoms with van der Waals surface area (Å²) in [6.07, 6.45) is -0.166. The zero-order valence-corrected chi connectivity index (χ0v) is 10.2. The lowest BCUT2D eigenvalue weighted by atomic mass is 10.1. The quantitative estimate of drug-likeness (QED) is 0.810. The Morgan fingerprint density at radius 2 is 2.17 bits per heavy atom. The van der Waals surface area contributed by atoms with Gasteiger partial charge in [-0.2, -0.15) is 0 Å². The van der Waals surface area contributed by atoms with E-state index in [-0.39, 0.29) is 6.42 Å². The topological polar surface area (TPSA) is 89.3 Å². The summed E-state index contributed by atoms with van der Waals surface area (Å²) in [5, 5.41) is 8.74. The third kappa shape index (κ3) is 2.34. The van der Waals surface area contributed by atoms with Crippen molar-refractivity contribution in [3.8, 4) is 11.5 Å². The van der Waals surface area contributed by atoms with Crippen molar-refractivity contribution in [2.45, 2.75) is 20.3 Å². The Morgan fingerprint density at radius 3 is 2.78 bits per heavy atom. The maximum Gasteiger partial charge on any atom is 0.311 e. The number of nitrogens with two attached hydrogens (primary N) is 1. The van der Waals surface area contributed by atoms with Crippen molar-refractivity contribution in [2.24, 2.45) is 0 Å². The number of aryl methyl sites for hydroxylation is 2. The van der Waals surface area contributed by atoms with Crippen LogP contribution in [0.25, 0.3) is 11.5 Å². The molecule has 0 aliphatic rings. The van der Waals surface area contributed by atoms with Crippen LogP contribution in [0.3, 0.4) is 0 Å². The highest BCUT2D eigenvalue weighted by Gasteiger charge is 2.14. The number of benzene rings is 1. The number of oxazole rings is 1. The van der Waals surface area contributed by atoms with Gasteiger partial charge in [-0.05, 0) is 31.5 Å². The van der Waals surface area contributed by atoms with Crippen LogP contribution in [0.2, 0.25) is 0 Å². The molecule has 0 fully saturated rings. The molecule has 5 heteroatoms. The second-order valence-corrected chi connectivity index (χ2v) is 4.17. The molecule has 1 aromatic heterocycles. The van der Waals surface area contributed by atoms with Crippen LogP contribution in [0.5, 0.6) is 0 Å². The van der Waals surface area contributed by atoms with Crippen molar-refractivity contribution in [1.82, 2.24) is 4.98 Å². The highest BCUT2D eigenvalue weighted by atomic mass is 16.4. The number of rotatable bonds is 3. The van der Waals surface area contributed by atoms with E-state index in [1.807, 2.05) is 19.1 Å². The van der Waals surface area contributed by atoms with E-state index in [0.29, 0.717) is 23.0 Å². The average molecular weight is 246 g/mol. The van der Waals surface area contributed by atoms with Crippen molar-refractivity contribution < 1.29 is 14.3 Å². The van der Waals surface area contributed by atoms with E-state index in [0.717, 1.165) is 11.1 Å². The van der Waals surface area contributed by atoms with Gasteiger partial charge in [-0.15, -0.1) is 0 Å². The molecular formula is C13H14N2O3. The van der Waals surface area contributed by atoms with Crippen LogP contribution in [-0.2, 0) is 11.2 Å². The van der Waals surface area contributed by atoms with Crippen LogP contribution in [0.15, 0.2) is 22.6 Å². The lowest BCUT2D eigenvalue weighted by Gasteiger charge is -2.01. The lowest BCUT2D eigenvalue weighted by molar-refractivity contribution is -0.136. The molecule has 1 aromatic carbocycles. The van der Waals surface area contributed by atoms with E-state index >= 15 is 0 Å². The zero-order valence-electron chi connectivity index (χ0n) is 10.2. The van der Waals surface area contributed by atoms with Gasteiger partial charge < -0.3 is 15.3 Å². The van der Waals surface area contributed by atoms with Gasteiger partial charge in [0.2, 0.25) is 5.89 Å². The van der Waals surface area contributed by atoms with E-state index in [1.165, 1.54) is 0 Å². The fraction of sp³-hybridized carbons (Fsp3) is 0.231. The first kappa shape index (κ1) is 12.2. The van der Waals surface area contributed by atoms with Gasteiger partial charge in [-0.3, -0.25) is 4.79 Å². The van der Waals surface area contributed by atoms with Crippen molar-refractivity contribution in [2.75, 3.05) is 5.73 Å². The SMILES string of the molecule is Cc1ccc(-c2nc(C)c(CC(=O)O)o2)cc1N. The van der Waals surface area contributed by atoms with Crippen molar-refractivity contribution >= 4 is 11.7 Å². The molecule has 1 heterocycles. The van der Waals surface area contributed by atoms with Crippen LogP contribution in [0.4, 0.5) is 5.69 Å². The lowest BCUT2D eigenvalue weighted by Crippen LogP contribution is -1.99. The van der Waals surface area contributed by atoms with Gasteiger partial charge in [0.05, 0.1) is 5.69 Å². The molecule has 0 bridgehead atoms. The van der Waals surface area contributed by atoms with Crippen molar-refractivity contribution in [1.29, 1.82) is 0 Å². The number of anilines is 1. The Kier molecular flexibility index (Phi) is 3.06. The molecule has 94 valence electrons. The molecular weight excluding hydrogens is 232 g/mol. The molecule has 0 radical (unpaired) electrons. The van der Waals surface area contributed by atoms with E-state index in [2.05, 4.69) is 4.98 Å². The molecule has 0 aliphatic carbocycles. The van der Waals surface area contributed by atoms with Gasteiger partial charge >= 0.3 is 5.97 Å². The molecule has 5 nitrogen and oxygen atoms in total. The summed E-state index contributed by atoms with van der Waals surface area (Å²) in [7, 11) is 0. The second kappa shape index (κ2) is 4.52. The zero-order chi connectivity index (χ0) is 13.3. The third-order valence-corrected chi connectivity index (χ3v) is 2.73. The number of carboxylic acid groups (broad SMARTS) is 1. The van der Waals surface area contributed by atoms with Gasteiger partial charge in [0.25, 0.3) is 0 Å².